The first-order valence-electron chi connectivity index (χ1n) is 7.94. The van der Waals surface area contributed by atoms with Crippen molar-refractivity contribution in [3.8, 4) is 0 Å². The van der Waals surface area contributed by atoms with E-state index >= 15 is 0 Å². The number of nitrogens with one attached hydrogen (secondary N) is 1. The van der Waals surface area contributed by atoms with Crippen molar-refractivity contribution >= 4 is 23.2 Å². The number of fused-ring (bicyclic) bond motifs is 1. The van der Waals surface area contributed by atoms with Gasteiger partial charge in [0.05, 0.1) is 19.6 Å². The van der Waals surface area contributed by atoms with Crippen molar-refractivity contribution in [2.45, 2.75) is 19.6 Å². The first kappa shape index (κ1) is 16.5. The first-order chi connectivity index (χ1) is 12.6. The molecular formula is C18H14FN3O3S. The summed E-state index contributed by atoms with van der Waals surface area (Å²) in [6.45, 7) is 0.843. The van der Waals surface area contributed by atoms with Crippen LogP contribution >= 0.6 is 11.3 Å². The molecule has 1 aromatic carbocycles. The van der Waals surface area contributed by atoms with Crippen LogP contribution in [0.5, 0.6) is 0 Å². The molecule has 132 valence electrons. The van der Waals surface area contributed by atoms with Crippen LogP contribution < -0.4 is 5.32 Å². The molecule has 0 saturated carbocycles. The van der Waals surface area contributed by atoms with Crippen LogP contribution in [0.4, 0.5) is 4.39 Å². The highest BCUT2D eigenvalue weighted by molar-refractivity contribution is 7.09. The minimum atomic E-state index is -0.463. The van der Waals surface area contributed by atoms with Gasteiger partial charge >= 0.3 is 5.91 Å². The second kappa shape index (κ2) is 6.72. The maximum absolute atomic E-state index is 13.3. The van der Waals surface area contributed by atoms with Gasteiger partial charge in [0.2, 0.25) is 0 Å². The maximum Gasteiger partial charge on any atom is 0.307 e. The number of benzene rings is 1. The van der Waals surface area contributed by atoms with Gasteiger partial charge in [-0.15, -0.1) is 11.3 Å². The smallest absolute Gasteiger partial charge is 0.307 e. The number of carbonyl (C=O) groups is 2. The Labute approximate surface area is 152 Å². The Morgan fingerprint density at radius 2 is 2.15 bits per heavy atom. The number of nitrogens with zero attached hydrogens (tertiary/aromatic N) is 2. The van der Waals surface area contributed by atoms with E-state index in [-0.39, 0.29) is 30.5 Å². The molecule has 3 aromatic rings. The molecule has 4 rings (SSSR count). The Morgan fingerprint density at radius 3 is 2.88 bits per heavy atom. The SMILES string of the molecule is O=C(NCc1cccs1)c1nc2c(o1)CN(C(=O)c1cccc(F)c1)C2. The van der Waals surface area contributed by atoms with E-state index < -0.39 is 11.7 Å². The third-order valence-corrected chi connectivity index (χ3v) is 4.89. The lowest BCUT2D eigenvalue weighted by Gasteiger charge is -2.15. The van der Waals surface area contributed by atoms with Crippen LogP contribution in [0.3, 0.4) is 0 Å². The first-order valence-corrected chi connectivity index (χ1v) is 8.82. The molecule has 0 bridgehead atoms. The van der Waals surface area contributed by atoms with Crippen molar-refractivity contribution in [1.29, 1.82) is 0 Å². The minimum Gasteiger partial charge on any atom is -0.435 e. The average molecular weight is 371 g/mol. The van der Waals surface area contributed by atoms with E-state index in [9.17, 15) is 14.0 Å². The summed E-state index contributed by atoms with van der Waals surface area (Å²) < 4.78 is 18.8. The number of thiophene rings is 1. The summed E-state index contributed by atoms with van der Waals surface area (Å²) in [5, 5.41) is 4.69. The second-order valence-electron chi connectivity index (χ2n) is 5.82. The highest BCUT2D eigenvalue weighted by atomic mass is 32.1. The van der Waals surface area contributed by atoms with Crippen molar-refractivity contribution in [3.05, 3.63) is 75.4 Å². The lowest BCUT2D eigenvalue weighted by molar-refractivity contribution is 0.0740. The van der Waals surface area contributed by atoms with Gasteiger partial charge in [-0.25, -0.2) is 9.37 Å². The zero-order valence-corrected chi connectivity index (χ0v) is 14.4. The van der Waals surface area contributed by atoms with Crippen molar-refractivity contribution in [2.24, 2.45) is 0 Å². The lowest BCUT2D eigenvalue weighted by Crippen LogP contribution is -2.26. The van der Waals surface area contributed by atoms with Crippen LogP contribution in [0.15, 0.2) is 46.2 Å². The van der Waals surface area contributed by atoms with Crippen LogP contribution in [0.25, 0.3) is 0 Å². The highest BCUT2D eigenvalue weighted by Crippen LogP contribution is 2.25. The summed E-state index contributed by atoms with van der Waals surface area (Å²) in [7, 11) is 0. The van der Waals surface area contributed by atoms with E-state index in [1.807, 2.05) is 17.5 Å². The summed E-state index contributed by atoms with van der Waals surface area (Å²) in [4.78, 5) is 31.3. The van der Waals surface area contributed by atoms with Gasteiger partial charge in [-0.2, -0.15) is 0 Å². The number of oxazole rings is 1. The predicted octanol–water partition coefficient (Wildman–Crippen LogP) is 2.96. The van der Waals surface area contributed by atoms with Gasteiger partial charge in [-0.3, -0.25) is 9.59 Å². The van der Waals surface area contributed by atoms with Crippen molar-refractivity contribution in [1.82, 2.24) is 15.2 Å². The van der Waals surface area contributed by atoms with Gasteiger partial charge in [0, 0.05) is 10.4 Å². The number of amides is 2. The van der Waals surface area contributed by atoms with Crippen LogP contribution in [0, 0.1) is 5.82 Å². The molecule has 0 saturated heterocycles. The number of carbonyl (C=O) groups excluding carboxylic acids is 2. The number of hydrogen-bond acceptors (Lipinski definition) is 5. The fourth-order valence-electron chi connectivity index (χ4n) is 2.74. The Morgan fingerprint density at radius 1 is 1.27 bits per heavy atom. The van der Waals surface area contributed by atoms with Crippen LogP contribution in [-0.2, 0) is 19.6 Å². The molecular weight excluding hydrogens is 357 g/mol. The standard InChI is InChI=1S/C18H14FN3O3S/c19-12-4-1-3-11(7-12)18(24)22-9-14-15(10-22)25-17(21-14)16(23)20-8-13-5-2-6-26-13/h1-7H,8-10H2,(H,20,23). The summed E-state index contributed by atoms with van der Waals surface area (Å²) in [6.07, 6.45) is 0. The molecule has 3 heterocycles. The van der Waals surface area contributed by atoms with Crippen molar-refractivity contribution in [2.75, 3.05) is 0 Å². The molecule has 0 spiro atoms. The van der Waals surface area contributed by atoms with Gasteiger partial charge in [0.15, 0.2) is 0 Å². The average Bonchev–Trinajstić information content (AvgIpc) is 3.34. The van der Waals surface area contributed by atoms with Gasteiger partial charge in [-0.05, 0) is 29.6 Å². The molecule has 0 radical (unpaired) electrons. The molecule has 8 heteroatoms. The monoisotopic (exact) mass is 371 g/mol. The fourth-order valence-corrected chi connectivity index (χ4v) is 3.39. The molecule has 6 nitrogen and oxygen atoms in total. The molecule has 1 aliphatic heterocycles. The van der Waals surface area contributed by atoms with Gasteiger partial charge in [0.1, 0.15) is 17.3 Å². The summed E-state index contributed by atoms with van der Waals surface area (Å²) in [5.41, 5.74) is 0.820. The number of rotatable bonds is 4. The molecule has 1 N–H and O–H groups in total. The van der Waals surface area contributed by atoms with E-state index in [1.54, 1.807) is 17.4 Å². The van der Waals surface area contributed by atoms with E-state index in [2.05, 4.69) is 10.3 Å². The topological polar surface area (TPSA) is 75.4 Å². The lowest BCUT2D eigenvalue weighted by atomic mass is 10.2. The number of hydrogen-bond donors (Lipinski definition) is 1. The predicted molar refractivity (Wildman–Crippen MR) is 92.0 cm³/mol. The van der Waals surface area contributed by atoms with E-state index in [0.29, 0.717) is 18.0 Å². The fraction of sp³-hybridized carbons (Fsp3) is 0.167. The quantitative estimate of drug-likeness (QED) is 0.765. The van der Waals surface area contributed by atoms with Crippen LogP contribution in [0.1, 0.15) is 37.4 Å². The van der Waals surface area contributed by atoms with Crippen LogP contribution in [0.2, 0.25) is 0 Å². The van der Waals surface area contributed by atoms with Crippen molar-refractivity contribution < 1.29 is 18.4 Å². The Hall–Kier alpha value is -3.00. The van der Waals surface area contributed by atoms with Crippen molar-refractivity contribution in [3.63, 3.8) is 0 Å². The highest BCUT2D eigenvalue weighted by Gasteiger charge is 2.30. The Bertz CT molecular complexity index is 944. The third-order valence-electron chi connectivity index (χ3n) is 4.01. The van der Waals surface area contributed by atoms with E-state index in [4.69, 9.17) is 4.42 Å². The van der Waals surface area contributed by atoms with Gasteiger partial charge in [0.25, 0.3) is 11.8 Å². The largest absolute Gasteiger partial charge is 0.435 e. The molecule has 0 fully saturated rings. The summed E-state index contributed by atoms with van der Waals surface area (Å²) in [5.74, 6) is -0.688. The molecule has 1 aliphatic rings. The van der Waals surface area contributed by atoms with Gasteiger partial charge in [-0.1, -0.05) is 12.1 Å². The second-order valence-corrected chi connectivity index (χ2v) is 6.85. The number of halogens is 1. The Balaban J connectivity index is 1.41. The molecule has 2 amide bonds. The normalized spacial score (nSPS) is 12.9. The maximum atomic E-state index is 13.3. The Kier molecular flexibility index (Phi) is 4.26. The van der Waals surface area contributed by atoms with E-state index in [0.717, 1.165) is 4.88 Å². The molecule has 0 unspecified atom stereocenters. The molecule has 26 heavy (non-hydrogen) atoms. The molecule has 2 aromatic heterocycles. The van der Waals surface area contributed by atoms with E-state index in [1.165, 1.54) is 23.1 Å². The third kappa shape index (κ3) is 3.23. The zero-order chi connectivity index (χ0) is 18.1. The molecule has 0 atom stereocenters. The van der Waals surface area contributed by atoms with Crippen LogP contribution in [-0.4, -0.2) is 21.7 Å². The molecule has 0 aliphatic carbocycles. The summed E-state index contributed by atoms with van der Waals surface area (Å²) >= 11 is 1.55. The minimum absolute atomic E-state index is 0.00980. The number of aromatic nitrogens is 1. The summed E-state index contributed by atoms with van der Waals surface area (Å²) in [6, 6.07) is 9.37. The zero-order valence-electron chi connectivity index (χ0n) is 13.6. The van der Waals surface area contributed by atoms with Gasteiger partial charge < -0.3 is 14.6 Å².